The van der Waals surface area contributed by atoms with Crippen molar-refractivity contribution in [3.63, 3.8) is 0 Å². The van der Waals surface area contributed by atoms with Crippen LogP contribution in [-0.2, 0) is 16.1 Å². The summed E-state index contributed by atoms with van der Waals surface area (Å²) >= 11 is 12.4. The fraction of sp³-hybridized carbons (Fsp3) is 0.125. The van der Waals surface area contributed by atoms with Crippen LogP contribution >= 0.6 is 23.2 Å². The van der Waals surface area contributed by atoms with Crippen LogP contribution in [0.3, 0.4) is 0 Å². The molecule has 2 aromatic carbocycles. The lowest BCUT2D eigenvalue weighted by atomic mass is 10.2. The van der Waals surface area contributed by atoms with Crippen molar-refractivity contribution >= 4 is 52.7 Å². The van der Waals surface area contributed by atoms with Crippen molar-refractivity contribution in [2.45, 2.75) is 13.5 Å². The number of rotatable bonds is 8. The van der Waals surface area contributed by atoms with E-state index in [1.165, 1.54) is 6.08 Å². The monoisotopic (exact) mass is 483 g/mol. The first-order valence-corrected chi connectivity index (χ1v) is 10.6. The van der Waals surface area contributed by atoms with E-state index in [0.717, 1.165) is 5.56 Å². The number of amides is 1. The highest BCUT2D eigenvalue weighted by Crippen LogP contribution is 2.36. The second kappa shape index (κ2) is 11.2. The molecule has 0 aliphatic heterocycles. The van der Waals surface area contributed by atoms with Crippen molar-refractivity contribution in [3.05, 3.63) is 87.1 Å². The first-order chi connectivity index (χ1) is 15.9. The lowest BCUT2D eigenvalue weighted by Crippen LogP contribution is -2.23. The summed E-state index contributed by atoms with van der Waals surface area (Å²) in [6.45, 7) is 2.01. The van der Waals surface area contributed by atoms with E-state index in [4.69, 9.17) is 32.4 Å². The van der Waals surface area contributed by atoms with Crippen molar-refractivity contribution in [3.8, 4) is 6.07 Å². The van der Waals surface area contributed by atoms with E-state index in [-0.39, 0.29) is 41.0 Å². The summed E-state index contributed by atoms with van der Waals surface area (Å²) in [5, 5.41) is 15.5. The molecule has 0 radical (unpaired) electrons. The van der Waals surface area contributed by atoms with Gasteiger partial charge in [-0.25, -0.2) is 4.79 Å². The maximum atomic E-state index is 12.5. The topological polar surface area (TPSA) is 104 Å². The Labute approximate surface area is 200 Å². The normalized spacial score (nSPS) is 10.9. The zero-order valence-corrected chi connectivity index (χ0v) is 19.0. The van der Waals surface area contributed by atoms with Crippen molar-refractivity contribution in [2.24, 2.45) is 0 Å². The molecule has 3 aromatic rings. The van der Waals surface area contributed by atoms with Gasteiger partial charge in [-0.05, 0) is 30.7 Å². The number of benzene rings is 2. The second-order valence-electron chi connectivity index (χ2n) is 6.68. The van der Waals surface area contributed by atoms with Crippen LogP contribution in [0.25, 0.3) is 6.08 Å². The van der Waals surface area contributed by atoms with Crippen LogP contribution < -0.4 is 10.6 Å². The van der Waals surface area contributed by atoms with Gasteiger partial charge in [0, 0.05) is 23.3 Å². The summed E-state index contributed by atoms with van der Waals surface area (Å²) in [6.07, 6.45) is 1.18. The molecule has 0 saturated carbocycles. The van der Waals surface area contributed by atoms with Crippen molar-refractivity contribution in [1.29, 1.82) is 5.26 Å². The van der Waals surface area contributed by atoms with Crippen molar-refractivity contribution in [2.75, 3.05) is 11.9 Å². The number of furan rings is 1. The van der Waals surface area contributed by atoms with Crippen LogP contribution in [0.2, 0.25) is 10.0 Å². The maximum absolute atomic E-state index is 12.5. The molecule has 33 heavy (non-hydrogen) atoms. The van der Waals surface area contributed by atoms with Gasteiger partial charge in [0.05, 0.1) is 6.61 Å². The summed E-state index contributed by atoms with van der Waals surface area (Å²) in [4.78, 5) is 25.0. The summed E-state index contributed by atoms with van der Waals surface area (Å²) in [6, 6.07) is 17.8. The second-order valence-corrected chi connectivity index (χ2v) is 7.49. The van der Waals surface area contributed by atoms with Crippen LogP contribution in [0.4, 0.5) is 11.6 Å². The van der Waals surface area contributed by atoms with Crippen LogP contribution in [0.1, 0.15) is 28.6 Å². The van der Waals surface area contributed by atoms with E-state index in [1.54, 1.807) is 31.2 Å². The fourth-order valence-electron chi connectivity index (χ4n) is 2.85. The molecule has 1 heterocycles. The molecule has 1 amide bonds. The average Bonchev–Trinajstić information content (AvgIpc) is 3.11. The average molecular weight is 484 g/mol. The van der Waals surface area contributed by atoms with Gasteiger partial charge in [0.25, 0.3) is 5.91 Å². The summed E-state index contributed by atoms with van der Waals surface area (Å²) in [7, 11) is 0. The van der Waals surface area contributed by atoms with Crippen LogP contribution in [0.5, 0.6) is 0 Å². The Bertz CT molecular complexity index is 1230. The van der Waals surface area contributed by atoms with E-state index in [9.17, 15) is 14.9 Å². The van der Waals surface area contributed by atoms with Gasteiger partial charge in [0.1, 0.15) is 22.2 Å². The minimum atomic E-state index is -0.720. The third-order valence-electron chi connectivity index (χ3n) is 4.37. The van der Waals surface area contributed by atoms with Gasteiger partial charge in [-0.2, -0.15) is 5.26 Å². The quantitative estimate of drug-likeness (QED) is 0.240. The molecule has 9 heteroatoms. The van der Waals surface area contributed by atoms with Gasteiger partial charge in [-0.3, -0.25) is 4.79 Å². The first kappa shape index (κ1) is 23.9. The minimum Gasteiger partial charge on any atom is -0.462 e. The largest absolute Gasteiger partial charge is 0.462 e. The lowest BCUT2D eigenvalue weighted by molar-refractivity contribution is -0.117. The number of halogens is 2. The van der Waals surface area contributed by atoms with Gasteiger partial charge in [-0.1, -0.05) is 59.6 Å². The molecule has 168 valence electrons. The SMILES string of the molecule is CCOC(=O)c1c(Nc2cccc(Cl)c2)oc(/C=C(\C#N)C(=O)NCc2ccccc2)c1Cl. The predicted molar refractivity (Wildman–Crippen MR) is 126 cm³/mol. The van der Waals surface area contributed by atoms with E-state index >= 15 is 0 Å². The number of nitrogens with one attached hydrogen (secondary N) is 2. The molecule has 0 fully saturated rings. The number of carbonyl (C=O) groups is 2. The molecule has 0 unspecified atom stereocenters. The Morgan fingerprint density at radius 3 is 2.58 bits per heavy atom. The molecular weight excluding hydrogens is 465 g/mol. The van der Waals surface area contributed by atoms with E-state index in [2.05, 4.69) is 10.6 Å². The highest BCUT2D eigenvalue weighted by Gasteiger charge is 2.26. The van der Waals surface area contributed by atoms with E-state index in [1.807, 2.05) is 36.4 Å². The van der Waals surface area contributed by atoms with E-state index in [0.29, 0.717) is 10.7 Å². The van der Waals surface area contributed by atoms with E-state index < -0.39 is 11.9 Å². The molecule has 1 aromatic heterocycles. The fourth-order valence-corrected chi connectivity index (χ4v) is 3.29. The predicted octanol–water partition coefficient (Wildman–Crippen LogP) is 5.73. The van der Waals surface area contributed by atoms with Crippen molar-refractivity contribution in [1.82, 2.24) is 5.32 Å². The molecule has 0 saturated heterocycles. The Hall–Kier alpha value is -3.73. The minimum absolute atomic E-state index is 0.00560. The Kier molecular flexibility index (Phi) is 8.14. The van der Waals surface area contributed by atoms with Gasteiger partial charge in [0.2, 0.25) is 5.88 Å². The molecule has 7 nitrogen and oxygen atoms in total. The molecular formula is C24H19Cl2N3O4. The number of hydrogen-bond donors (Lipinski definition) is 2. The maximum Gasteiger partial charge on any atom is 0.345 e. The highest BCUT2D eigenvalue weighted by molar-refractivity contribution is 6.35. The summed E-state index contributed by atoms with van der Waals surface area (Å²) < 4.78 is 10.8. The Balaban J connectivity index is 1.91. The van der Waals surface area contributed by atoms with Gasteiger partial charge in [-0.15, -0.1) is 0 Å². The Morgan fingerprint density at radius 1 is 1.15 bits per heavy atom. The molecule has 2 N–H and O–H groups in total. The van der Waals surface area contributed by atoms with Gasteiger partial charge in [0.15, 0.2) is 5.76 Å². The molecule has 0 atom stereocenters. The number of esters is 1. The molecule has 3 rings (SSSR count). The number of nitriles is 1. The highest BCUT2D eigenvalue weighted by atomic mass is 35.5. The first-order valence-electron chi connectivity index (χ1n) is 9.88. The standard InChI is InChI=1S/C24H19Cl2N3O4/c1-2-32-24(31)20-21(26)19(33-23(20)29-18-10-6-9-17(25)12-18)11-16(13-27)22(30)28-14-15-7-4-3-5-8-15/h3-12,29H,2,14H2,1H3,(H,28,30)/b16-11+. The lowest BCUT2D eigenvalue weighted by Gasteiger charge is -2.06. The summed E-state index contributed by atoms with van der Waals surface area (Å²) in [5.74, 6) is -1.39. The molecule has 0 bridgehead atoms. The van der Waals surface area contributed by atoms with Crippen molar-refractivity contribution < 1.29 is 18.7 Å². The van der Waals surface area contributed by atoms with Crippen LogP contribution in [0, 0.1) is 11.3 Å². The zero-order valence-electron chi connectivity index (χ0n) is 17.5. The number of ether oxygens (including phenoxy) is 1. The zero-order chi connectivity index (χ0) is 23.8. The number of nitrogens with zero attached hydrogens (tertiary/aromatic N) is 1. The molecule has 0 aliphatic carbocycles. The van der Waals surface area contributed by atoms with Gasteiger partial charge >= 0.3 is 5.97 Å². The number of hydrogen-bond acceptors (Lipinski definition) is 6. The Morgan fingerprint density at radius 2 is 1.91 bits per heavy atom. The third kappa shape index (κ3) is 6.16. The molecule has 0 spiro atoms. The molecule has 0 aliphatic rings. The van der Waals surface area contributed by atoms with Crippen LogP contribution in [-0.4, -0.2) is 18.5 Å². The van der Waals surface area contributed by atoms with Gasteiger partial charge < -0.3 is 19.8 Å². The third-order valence-corrected chi connectivity index (χ3v) is 4.98. The summed E-state index contributed by atoms with van der Waals surface area (Å²) in [5.41, 5.74) is 1.10. The number of carbonyl (C=O) groups excluding carboxylic acids is 2. The van der Waals surface area contributed by atoms with Crippen LogP contribution in [0.15, 0.2) is 64.6 Å². The number of anilines is 2. The smallest absolute Gasteiger partial charge is 0.345 e.